The first-order valence-corrected chi connectivity index (χ1v) is 7.69. The molecule has 2 aromatic carbocycles. The summed E-state index contributed by atoms with van der Waals surface area (Å²) in [4.78, 5) is 12.0. The van der Waals surface area contributed by atoms with Crippen molar-refractivity contribution in [3.8, 4) is 0 Å². The van der Waals surface area contributed by atoms with Crippen molar-refractivity contribution >= 4 is 40.0 Å². The summed E-state index contributed by atoms with van der Waals surface area (Å²) in [6.45, 7) is 4.24. The maximum absolute atomic E-state index is 12.0. The molecule has 3 nitrogen and oxygen atoms in total. The molecule has 0 unspecified atom stereocenters. The Hall–Kier alpha value is -1.52. The minimum atomic E-state index is -0.302. The van der Waals surface area contributed by atoms with Crippen molar-refractivity contribution in [2.75, 3.05) is 11.9 Å². The van der Waals surface area contributed by atoms with Gasteiger partial charge in [-0.15, -0.1) is 12.4 Å². The molecule has 0 spiro atoms. The number of rotatable bonds is 5. The third-order valence-electron chi connectivity index (χ3n) is 3.16. The van der Waals surface area contributed by atoms with Crippen molar-refractivity contribution in [3.05, 3.63) is 64.1 Å². The molecule has 0 radical (unpaired) electrons. The SMILES string of the molecule is CCOC(=O)c1ccccc1N[C@@H](C)c1ccc(Br)cc1.Cl. The van der Waals surface area contributed by atoms with Gasteiger partial charge in [0.05, 0.1) is 12.2 Å². The van der Waals surface area contributed by atoms with Gasteiger partial charge in [-0.2, -0.15) is 0 Å². The van der Waals surface area contributed by atoms with E-state index in [9.17, 15) is 4.79 Å². The maximum Gasteiger partial charge on any atom is 0.340 e. The number of para-hydroxylation sites is 1. The largest absolute Gasteiger partial charge is 0.462 e. The zero-order valence-electron chi connectivity index (χ0n) is 12.5. The highest BCUT2D eigenvalue weighted by Crippen LogP contribution is 2.24. The van der Waals surface area contributed by atoms with E-state index in [4.69, 9.17) is 4.74 Å². The summed E-state index contributed by atoms with van der Waals surface area (Å²) in [5.41, 5.74) is 2.49. The van der Waals surface area contributed by atoms with Gasteiger partial charge >= 0.3 is 5.97 Å². The molecular weight excluding hydrogens is 366 g/mol. The third kappa shape index (κ3) is 4.75. The fourth-order valence-electron chi connectivity index (χ4n) is 2.06. The zero-order chi connectivity index (χ0) is 15.2. The molecule has 118 valence electrons. The molecule has 0 saturated carbocycles. The van der Waals surface area contributed by atoms with E-state index in [-0.39, 0.29) is 24.4 Å². The number of carbonyl (C=O) groups excluding carboxylic acids is 1. The van der Waals surface area contributed by atoms with Crippen LogP contribution in [0.1, 0.15) is 35.8 Å². The van der Waals surface area contributed by atoms with E-state index in [0.717, 1.165) is 15.7 Å². The van der Waals surface area contributed by atoms with Gasteiger partial charge in [-0.05, 0) is 43.7 Å². The Balaban J connectivity index is 0.00000242. The number of nitrogens with one attached hydrogen (secondary N) is 1. The molecule has 0 heterocycles. The molecule has 1 N–H and O–H groups in total. The van der Waals surface area contributed by atoms with E-state index >= 15 is 0 Å². The van der Waals surface area contributed by atoms with E-state index in [0.29, 0.717) is 12.2 Å². The molecule has 0 aliphatic rings. The van der Waals surface area contributed by atoms with Crippen LogP contribution >= 0.6 is 28.3 Å². The lowest BCUT2D eigenvalue weighted by atomic mass is 10.1. The van der Waals surface area contributed by atoms with Crippen LogP contribution in [-0.2, 0) is 4.74 Å². The van der Waals surface area contributed by atoms with E-state index in [1.165, 1.54) is 0 Å². The van der Waals surface area contributed by atoms with Crippen LogP contribution in [0.5, 0.6) is 0 Å². The molecule has 0 aliphatic carbocycles. The smallest absolute Gasteiger partial charge is 0.340 e. The van der Waals surface area contributed by atoms with Crippen LogP contribution in [0.25, 0.3) is 0 Å². The Bertz CT molecular complexity index is 616. The van der Waals surface area contributed by atoms with Crippen LogP contribution in [0.4, 0.5) is 5.69 Å². The van der Waals surface area contributed by atoms with Gasteiger partial charge in [-0.1, -0.05) is 40.2 Å². The van der Waals surface area contributed by atoms with Crippen molar-refractivity contribution in [2.24, 2.45) is 0 Å². The van der Waals surface area contributed by atoms with Gasteiger partial charge in [0.1, 0.15) is 0 Å². The van der Waals surface area contributed by atoms with Crippen molar-refractivity contribution in [3.63, 3.8) is 0 Å². The molecule has 0 bridgehead atoms. The lowest BCUT2D eigenvalue weighted by molar-refractivity contribution is 0.0527. The number of benzene rings is 2. The van der Waals surface area contributed by atoms with Crippen LogP contribution in [0.15, 0.2) is 53.0 Å². The van der Waals surface area contributed by atoms with Gasteiger partial charge in [0, 0.05) is 16.2 Å². The van der Waals surface area contributed by atoms with E-state index in [2.05, 4.69) is 40.3 Å². The normalized spacial score (nSPS) is 11.2. The monoisotopic (exact) mass is 383 g/mol. The quantitative estimate of drug-likeness (QED) is 0.718. The minimum Gasteiger partial charge on any atom is -0.462 e. The maximum atomic E-state index is 12.0. The molecule has 2 rings (SSSR count). The fourth-order valence-corrected chi connectivity index (χ4v) is 2.33. The highest BCUT2D eigenvalue weighted by molar-refractivity contribution is 9.10. The Morgan fingerprint density at radius 3 is 2.45 bits per heavy atom. The highest BCUT2D eigenvalue weighted by atomic mass is 79.9. The summed E-state index contributed by atoms with van der Waals surface area (Å²) in [6, 6.07) is 15.6. The van der Waals surface area contributed by atoms with Gasteiger partial charge in [0.15, 0.2) is 0 Å². The number of esters is 1. The van der Waals surface area contributed by atoms with Crippen molar-refractivity contribution < 1.29 is 9.53 Å². The standard InChI is InChI=1S/C17H18BrNO2.ClH/c1-3-21-17(20)15-6-4-5-7-16(15)19-12(2)13-8-10-14(18)11-9-13;/h4-12,19H,3H2,1-2H3;1H/t12-;/m0./s1. The highest BCUT2D eigenvalue weighted by Gasteiger charge is 2.14. The molecule has 0 saturated heterocycles. The summed E-state index contributed by atoms with van der Waals surface area (Å²) in [5, 5.41) is 3.37. The Labute approximate surface area is 145 Å². The fraction of sp³-hybridized carbons (Fsp3) is 0.235. The van der Waals surface area contributed by atoms with Gasteiger partial charge in [0.25, 0.3) is 0 Å². The molecule has 0 amide bonds. The lowest BCUT2D eigenvalue weighted by Crippen LogP contribution is -2.12. The second kappa shape index (κ2) is 8.81. The second-order valence-electron chi connectivity index (χ2n) is 4.68. The Kier molecular flexibility index (Phi) is 7.42. The van der Waals surface area contributed by atoms with Crippen LogP contribution in [0, 0.1) is 0 Å². The average molecular weight is 385 g/mol. The summed E-state index contributed by atoms with van der Waals surface area (Å²) < 4.78 is 6.13. The number of hydrogen-bond donors (Lipinski definition) is 1. The summed E-state index contributed by atoms with van der Waals surface area (Å²) >= 11 is 3.43. The number of hydrogen-bond acceptors (Lipinski definition) is 3. The molecule has 0 fully saturated rings. The van der Waals surface area contributed by atoms with Crippen LogP contribution < -0.4 is 5.32 Å². The lowest BCUT2D eigenvalue weighted by Gasteiger charge is -2.18. The average Bonchev–Trinajstić information content (AvgIpc) is 2.48. The Morgan fingerprint density at radius 2 is 1.82 bits per heavy atom. The van der Waals surface area contributed by atoms with Gasteiger partial charge in [-0.25, -0.2) is 4.79 Å². The first kappa shape index (κ1) is 18.5. The summed E-state index contributed by atoms with van der Waals surface area (Å²) in [7, 11) is 0. The predicted molar refractivity (Wildman–Crippen MR) is 95.8 cm³/mol. The molecule has 2 aromatic rings. The minimum absolute atomic E-state index is 0. The van der Waals surface area contributed by atoms with Crippen LogP contribution in [0.3, 0.4) is 0 Å². The second-order valence-corrected chi connectivity index (χ2v) is 5.60. The zero-order valence-corrected chi connectivity index (χ0v) is 14.9. The van der Waals surface area contributed by atoms with Gasteiger partial charge in [0.2, 0.25) is 0 Å². The molecule has 0 aromatic heterocycles. The van der Waals surface area contributed by atoms with Crippen LogP contribution in [-0.4, -0.2) is 12.6 Å². The number of anilines is 1. The van der Waals surface area contributed by atoms with Gasteiger partial charge < -0.3 is 10.1 Å². The summed E-state index contributed by atoms with van der Waals surface area (Å²) in [5.74, 6) is -0.302. The predicted octanol–water partition coefficient (Wildman–Crippen LogP) is 5.22. The number of ether oxygens (including phenoxy) is 1. The van der Waals surface area contributed by atoms with E-state index in [1.54, 1.807) is 13.0 Å². The number of carbonyl (C=O) groups is 1. The first-order chi connectivity index (χ1) is 10.1. The van der Waals surface area contributed by atoms with Crippen molar-refractivity contribution in [1.29, 1.82) is 0 Å². The third-order valence-corrected chi connectivity index (χ3v) is 3.69. The number of halogens is 2. The van der Waals surface area contributed by atoms with E-state index in [1.807, 2.05) is 30.3 Å². The topological polar surface area (TPSA) is 38.3 Å². The van der Waals surface area contributed by atoms with Crippen molar-refractivity contribution in [1.82, 2.24) is 0 Å². The molecule has 0 aliphatic heterocycles. The molecule has 5 heteroatoms. The van der Waals surface area contributed by atoms with Crippen molar-refractivity contribution in [2.45, 2.75) is 19.9 Å². The first-order valence-electron chi connectivity index (χ1n) is 6.90. The molecule has 22 heavy (non-hydrogen) atoms. The molecule has 1 atom stereocenters. The Morgan fingerprint density at radius 1 is 1.18 bits per heavy atom. The molecular formula is C17H19BrClNO2. The van der Waals surface area contributed by atoms with Gasteiger partial charge in [-0.3, -0.25) is 0 Å². The summed E-state index contributed by atoms with van der Waals surface area (Å²) in [6.07, 6.45) is 0. The van der Waals surface area contributed by atoms with Crippen LogP contribution in [0.2, 0.25) is 0 Å². The van der Waals surface area contributed by atoms with E-state index < -0.39 is 0 Å².